The van der Waals surface area contributed by atoms with Gasteiger partial charge in [-0.1, -0.05) is 40.2 Å². The first kappa shape index (κ1) is 26.6. The molecule has 2 aliphatic rings. The maximum absolute atomic E-state index is 13.5. The average molecular weight is 576 g/mol. The minimum Gasteiger partial charge on any atom is -0.481 e. The molecule has 2 aromatic carbocycles. The molecule has 0 aliphatic carbocycles. The summed E-state index contributed by atoms with van der Waals surface area (Å²) in [4.78, 5) is 54.1. The van der Waals surface area contributed by atoms with Gasteiger partial charge in [0, 0.05) is 31.0 Å². The molecule has 0 aromatic heterocycles. The highest BCUT2D eigenvalue weighted by Crippen LogP contribution is 2.29. The topological polar surface area (TPSA) is 114 Å². The molecular weight excluding hydrogens is 549 g/mol. The third-order valence-electron chi connectivity index (χ3n) is 6.40. The monoisotopic (exact) mass is 575 g/mol. The summed E-state index contributed by atoms with van der Waals surface area (Å²) in [5, 5.41) is 14.9. The van der Waals surface area contributed by atoms with Crippen LogP contribution in [0.1, 0.15) is 24.0 Å². The molecule has 2 aliphatic heterocycles. The van der Waals surface area contributed by atoms with E-state index < -0.39 is 24.2 Å². The van der Waals surface area contributed by atoms with Crippen molar-refractivity contribution in [3.8, 4) is 0 Å². The number of carbonyl (C=O) groups excluding carboxylic acids is 3. The Hall–Kier alpha value is -3.51. The number of hydrogen-bond acceptors (Lipinski definition) is 5. The van der Waals surface area contributed by atoms with E-state index in [4.69, 9.17) is 0 Å². The van der Waals surface area contributed by atoms with Crippen LogP contribution in [-0.4, -0.2) is 81.1 Å². The standard InChI is InChI=1S/C25H27BrFN5O5/c1-29-15-22(33)31-20(9-10-23(34)35)24(36)30(13-17-3-2-4-18(26)11-17)14-21(31)32(29)25(37)28-12-16-5-7-19(27)8-6-16/h2-8,11,20-21H,9-10,12-15H2,1H3,(H,28,37)(H,34,35)/t20-,21-/m0/s1. The summed E-state index contributed by atoms with van der Waals surface area (Å²) < 4.78 is 14.1. The van der Waals surface area contributed by atoms with E-state index >= 15 is 0 Å². The normalized spacial score (nSPS) is 20.1. The van der Waals surface area contributed by atoms with Crippen LogP contribution in [0.15, 0.2) is 53.0 Å². The number of nitrogens with zero attached hydrogens (tertiary/aromatic N) is 4. The molecule has 2 aromatic rings. The predicted octanol–water partition coefficient (Wildman–Crippen LogP) is 2.39. The number of carbonyl (C=O) groups is 4. The smallest absolute Gasteiger partial charge is 0.334 e. The maximum Gasteiger partial charge on any atom is 0.334 e. The summed E-state index contributed by atoms with van der Waals surface area (Å²) in [6.45, 7) is 0.264. The van der Waals surface area contributed by atoms with Gasteiger partial charge < -0.3 is 20.2 Å². The van der Waals surface area contributed by atoms with Gasteiger partial charge in [-0.3, -0.25) is 14.4 Å². The van der Waals surface area contributed by atoms with Crippen molar-refractivity contribution in [3.63, 3.8) is 0 Å². The lowest BCUT2D eigenvalue weighted by Crippen LogP contribution is -2.75. The molecule has 37 heavy (non-hydrogen) atoms. The second-order valence-electron chi connectivity index (χ2n) is 9.02. The number of aliphatic carboxylic acids is 1. The van der Waals surface area contributed by atoms with Crippen LogP contribution in [0.4, 0.5) is 9.18 Å². The molecule has 12 heteroatoms. The van der Waals surface area contributed by atoms with Gasteiger partial charge in [0.2, 0.25) is 11.8 Å². The number of urea groups is 1. The Bertz CT molecular complexity index is 1200. The highest BCUT2D eigenvalue weighted by atomic mass is 79.9. The Morgan fingerprint density at radius 2 is 1.86 bits per heavy atom. The first-order chi connectivity index (χ1) is 17.6. The molecule has 4 rings (SSSR count). The quantitative estimate of drug-likeness (QED) is 0.524. The molecule has 0 radical (unpaired) electrons. The molecule has 0 unspecified atom stereocenters. The summed E-state index contributed by atoms with van der Waals surface area (Å²) in [5.41, 5.74) is 1.53. The number of piperazine rings is 1. The highest BCUT2D eigenvalue weighted by Gasteiger charge is 2.50. The van der Waals surface area contributed by atoms with Crippen molar-refractivity contribution in [1.29, 1.82) is 0 Å². The molecule has 0 saturated carbocycles. The van der Waals surface area contributed by atoms with Gasteiger partial charge in [-0.05, 0) is 41.8 Å². The van der Waals surface area contributed by atoms with Gasteiger partial charge in [0.1, 0.15) is 18.0 Å². The van der Waals surface area contributed by atoms with Gasteiger partial charge in [0.25, 0.3) is 0 Å². The zero-order chi connectivity index (χ0) is 26.7. The summed E-state index contributed by atoms with van der Waals surface area (Å²) in [7, 11) is 1.61. The highest BCUT2D eigenvalue weighted by molar-refractivity contribution is 9.10. The number of likely N-dealkylation sites (N-methyl/N-ethyl adjacent to an activating group) is 1. The number of amides is 4. The minimum absolute atomic E-state index is 0.0506. The van der Waals surface area contributed by atoms with Crippen LogP contribution in [0.5, 0.6) is 0 Å². The zero-order valence-corrected chi connectivity index (χ0v) is 21.7. The van der Waals surface area contributed by atoms with E-state index in [-0.39, 0.29) is 56.7 Å². The van der Waals surface area contributed by atoms with E-state index in [2.05, 4.69) is 21.2 Å². The number of carboxylic acids is 1. The van der Waals surface area contributed by atoms with Gasteiger partial charge in [-0.15, -0.1) is 0 Å². The third-order valence-corrected chi connectivity index (χ3v) is 6.89. The van der Waals surface area contributed by atoms with E-state index in [0.29, 0.717) is 5.56 Å². The summed E-state index contributed by atoms with van der Waals surface area (Å²) >= 11 is 3.42. The lowest BCUT2D eigenvalue weighted by atomic mass is 10.0. The van der Waals surface area contributed by atoms with E-state index in [1.807, 2.05) is 24.3 Å². The van der Waals surface area contributed by atoms with Crippen molar-refractivity contribution < 1.29 is 28.7 Å². The van der Waals surface area contributed by atoms with Crippen LogP contribution in [0.2, 0.25) is 0 Å². The van der Waals surface area contributed by atoms with E-state index in [1.54, 1.807) is 24.1 Å². The fraction of sp³-hybridized carbons (Fsp3) is 0.360. The second kappa shape index (κ2) is 11.3. The van der Waals surface area contributed by atoms with E-state index in [0.717, 1.165) is 10.0 Å². The fourth-order valence-corrected chi connectivity index (χ4v) is 5.15. The molecule has 196 valence electrons. The van der Waals surface area contributed by atoms with Crippen LogP contribution in [0.25, 0.3) is 0 Å². The van der Waals surface area contributed by atoms with E-state index in [9.17, 15) is 28.7 Å². The summed E-state index contributed by atoms with van der Waals surface area (Å²) in [5.74, 6) is -2.18. The van der Waals surface area contributed by atoms with Crippen LogP contribution in [0, 0.1) is 5.82 Å². The predicted molar refractivity (Wildman–Crippen MR) is 134 cm³/mol. The first-order valence-corrected chi connectivity index (χ1v) is 12.5. The Kier molecular flexibility index (Phi) is 8.08. The Morgan fingerprint density at radius 1 is 1.14 bits per heavy atom. The number of carboxylic acid groups (broad SMARTS) is 1. The number of fused-ring (bicyclic) bond motifs is 1. The molecule has 0 spiro atoms. The van der Waals surface area contributed by atoms with Gasteiger partial charge in [-0.25, -0.2) is 19.2 Å². The van der Waals surface area contributed by atoms with Gasteiger partial charge >= 0.3 is 12.0 Å². The molecule has 2 fully saturated rings. The second-order valence-corrected chi connectivity index (χ2v) is 9.94. The zero-order valence-electron chi connectivity index (χ0n) is 20.1. The Balaban J connectivity index is 1.60. The van der Waals surface area contributed by atoms with Crippen molar-refractivity contribution in [1.82, 2.24) is 25.1 Å². The largest absolute Gasteiger partial charge is 0.481 e. The Labute approximate surface area is 221 Å². The molecule has 4 amide bonds. The van der Waals surface area contributed by atoms with Crippen molar-refractivity contribution in [2.24, 2.45) is 0 Å². The SMILES string of the molecule is CN1CC(=O)N2[C@@H](CCC(=O)O)C(=O)N(Cc3cccc(Br)c3)C[C@@H]2N1C(=O)NCc1ccc(F)cc1. The third kappa shape index (κ3) is 6.08. The summed E-state index contributed by atoms with van der Waals surface area (Å²) in [6, 6.07) is 11.6. The Morgan fingerprint density at radius 3 is 2.54 bits per heavy atom. The first-order valence-electron chi connectivity index (χ1n) is 11.7. The van der Waals surface area contributed by atoms with Crippen LogP contribution < -0.4 is 5.32 Å². The van der Waals surface area contributed by atoms with Crippen LogP contribution in [-0.2, 0) is 27.5 Å². The van der Waals surface area contributed by atoms with Gasteiger partial charge in [0.15, 0.2) is 0 Å². The molecule has 2 saturated heterocycles. The molecule has 2 N–H and O–H groups in total. The van der Waals surface area contributed by atoms with Crippen molar-refractivity contribution in [3.05, 3.63) is 69.9 Å². The number of hydrazine groups is 1. The molecular formula is C25H27BrFN5O5. The fourth-order valence-electron chi connectivity index (χ4n) is 4.70. The lowest BCUT2D eigenvalue weighted by molar-refractivity contribution is -0.188. The van der Waals surface area contributed by atoms with Gasteiger partial charge in [0.05, 0.1) is 13.1 Å². The maximum atomic E-state index is 13.5. The molecule has 0 bridgehead atoms. The molecule has 2 heterocycles. The average Bonchev–Trinajstić information content (AvgIpc) is 2.84. The molecule has 10 nitrogen and oxygen atoms in total. The number of nitrogens with one attached hydrogen (secondary N) is 1. The summed E-state index contributed by atoms with van der Waals surface area (Å²) in [6.07, 6.45) is -1.20. The van der Waals surface area contributed by atoms with Crippen molar-refractivity contribution in [2.45, 2.75) is 38.1 Å². The number of hydrogen-bond donors (Lipinski definition) is 2. The van der Waals surface area contributed by atoms with E-state index in [1.165, 1.54) is 27.1 Å². The number of rotatable bonds is 7. The van der Waals surface area contributed by atoms with Gasteiger partial charge in [-0.2, -0.15) is 0 Å². The minimum atomic E-state index is -1.08. The molecule has 2 atom stereocenters. The van der Waals surface area contributed by atoms with Crippen LogP contribution >= 0.6 is 15.9 Å². The van der Waals surface area contributed by atoms with Crippen LogP contribution in [0.3, 0.4) is 0 Å². The van der Waals surface area contributed by atoms with Crippen molar-refractivity contribution in [2.75, 3.05) is 20.1 Å². The van der Waals surface area contributed by atoms with Crippen molar-refractivity contribution >= 4 is 39.7 Å². The lowest BCUT2D eigenvalue weighted by Gasteiger charge is -2.54. The number of halogens is 2. The number of benzene rings is 2.